The zero-order valence-corrected chi connectivity index (χ0v) is 38.8. The number of fused-ring (bicyclic) bond motifs is 5. The number of rotatable bonds is 5. The van der Waals surface area contributed by atoms with Crippen LogP contribution in [0.15, 0.2) is 81.2 Å². The Hall–Kier alpha value is -2.26. The zero-order chi connectivity index (χ0) is 38.8. The van der Waals surface area contributed by atoms with Crippen LogP contribution in [0.4, 0.5) is 13.2 Å². The first-order chi connectivity index (χ1) is 25.8. The molecule has 4 saturated carbocycles. The smallest absolute Gasteiger partial charge is 1.00 e. The van der Waals surface area contributed by atoms with Gasteiger partial charge in [-0.2, -0.15) is 0 Å². The summed E-state index contributed by atoms with van der Waals surface area (Å²) in [5.41, 5.74) is 15.9. The van der Waals surface area contributed by atoms with Crippen molar-refractivity contribution >= 4 is 18.6 Å². The molecule has 0 amide bonds. The quantitative estimate of drug-likeness (QED) is 0.249. The van der Waals surface area contributed by atoms with Crippen molar-refractivity contribution in [3.05, 3.63) is 120 Å². The van der Waals surface area contributed by atoms with Crippen molar-refractivity contribution in [2.24, 2.45) is 29.1 Å². The van der Waals surface area contributed by atoms with Gasteiger partial charge < -0.3 is 24.8 Å². The molecule has 0 heterocycles. The molecule has 3 aromatic carbocycles. The van der Waals surface area contributed by atoms with Crippen LogP contribution >= 0.6 is 0 Å². The number of hydrogen-bond donors (Lipinski definition) is 0. The monoisotopic (exact) mass is 885 g/mol. The van der Waals surface area contributed by atoms with Crippen LogP contribution in [0.5, 0.6) is 0 Å². The molecule has 11 rings (SSSR count). The average molecular weight is 888 g/mol. The van der Waals surface area contributed by atoms with E-state index in [-0.39, 0.29) is 45.2 Å². The van der Waals surface area contributed by atoms with Gasteiger partial charge in [0.05, 0.1) is 0 Å². The Labute approximate surface area is 355 Å². The summed E-state index contributed by atoms with van der Waals surface area (Å²) in [6, 6.07) is 16.3. The largest absolute Gasteiger partial charge is 1.00 e. The molecule has 0 saturated heterocycles. The van der Waals surface area contributed by atoms with E-state index in [1.54, 1.807) is 0 Å². The molecule has 0 aliphatic heterocycles. The van der Waals surface area contributed by atoms with Crippen molar-refractivity contribution in [2.45, 2.75) is 121 Å². The number of hydrogen-bond acceptors (Lipinski definition) is 0. The summed E-state index contributed by atoms with van der Waals surface area (Å²) < 4.78 is 50.7. The van der Waals surface area contributed by atoms with Gasteiger partial charge in [0.1, 0.15) is 0 Å². The Bertz CT molecular complexity index is 2280. The maximum atomic E-state index is 14.2. The van der Waals surface area contributed by atoms with Crippen molar-refractivity contribution in [3.63, 3.8) is 0 Å². The Morgan fingerprint density at radius 1 is 0.702 bits per heavy atom. The fourth-order valence-corrected chi connectivity index (χ4v) is 26.5. The first-order valence-electron chi connectivity index (χ1n) is 21.0. The van der Waals surface area contributed by atoms with Crippen molar-refractivity contribution < 1.29 is 57.8 Å². The molecule has 8 aliphatic rings. The maximum Gasteiger partial charge on any atom is -1.00 e. The van der Waals surface area contributed by atoms with Gasteiger partial charge in [0.15, 0.2) is 0 Å². The second-order valence-corrected chi connectivity index (χ2v) is 29.6. The maximum absolute atomic E-state index is 14.2. The third kappa shape index (κ3) is 6.09. The SMILES string of the molecule is [CH2]=[Zr+2]([C]1=C(C)C(CC23CC4CC(CC(C4)C2)C3)=CC1C)([c]1ccc(C(F)(F)F)cc1)[CH]1c2cc3c(cc2-c2cc4c(cc21)C(C)(C)C=C4C)C(C)=CC3(C)C.[Cl-].[Cl-]. The Morgan fingerprint density at radius 3 is 1.60 bits per heavy atom. The summed E-state index contributed by atoms with van der Waals surface area (Å²) in [6.45, 7) is 18.5. The van der Waals surface area contributed by atoms with Crippen LogP contribution in [-0.2, 0) is 36.8 Å². The molecule has 0 radical (unpaired) electrons. The molecule has 4 fully saturated rings. The van der Waals surface area contributed by atoms with E-state index in [0.29, 0.717) is 5.41 Å². The second kappa shape index (κ2) is 13.4. The summed E-state index contributed by atoms with van der Waals surface area (Å²) in [5.74, 6) is 2.89. The molecular weight excluding hydrogens is 832 g/mol. The molecule has 0 nitrogen and oxygen atoms in total. The summed E-state index contributed by atoms with van der Waals surface area (Å²) in [5, 5.41) is 0. The topological polar surface area (TPSA) is 0 Å². The van der Waals surface area contributed by atoms with Crippen molar-refractivity contribution in [1.29, 1.82) is 0 Å². The first kappa shape index (κ1) is 41.5. The van der Waals surface area contributed by atoms with E-state index in [2.05, 4.69) is 97.9 Å². The predicted octanol–water partition coefficient (Wildman–Crippen LogP) is 7.54. The van der Waals surface area contributed by atoms with E-state index in [1.807, 2.05) is 12.1 Å². The van der Waals surface area contributed by atoms with Gasteiger partial charge in [0, 0.05) is 0 Å². The Kier molecular flexibility index (Phi) is 9.73. The summed E-state index contributed by atoms with van der Waals surface area (Å²) in [4.78, 5) is 0. The average Bonchev–Trinajstić information content (AvgIpc) is 3.72. The van der Waals surface area contributed by atoms with E-state index >= 15 is 0 Å². The fraction of sp³-hybridized carbons (Fsp3) is 0.471. The molecule has 0 N–H and O–H groups in total. The molecule has 299 valence electrons. The van der Waals surface area contributed by atoms with Crippen LogP contribution in [0.2, 0.25) is 0 Å². The molecule has 6 heteroatoms. The van der Waals surface area contributed by atoms with Gasteiger partial charge in [-0.1, -0.05) is 0 Å². The van der Waals surface area contributed by atoms with Crippen LogP contribution < -0.4 is 28.1 Å². The third-order valence-corrected chi connectivity index (χ3v) is 27.6. The summed E-state index contributed by atoms with van der Waals surface area (Å²) >= 11 is -4.30. The van der Waals surface area contributed by atoms with Crippen LogP contribution in [0.25, 0.3) is 22.3 Å². The van der Waals surface area contributed by atoms with Gasteiger partial charge in [-0.3, -0.25) is 0 Å². The molecule has 0 spiro atoms. The van der Waals surface area contributed by atoms with E-state index < -0.39 is 31.5 Å². The van der Waals surface area contributed by atoms with E-state index in [1.165, 1.54) is 121 Å². The van der Waals surface area contributed by atoms with Crippen molar-refractivity contribution in [2.75, 3.05) is 0 Å². The van der Waals surface area contributed by atoms with E-state index in [4.69, 9.17) is 4.21 Å². The minimum Gasteiger partial charge on any atom is -1.00 e. The van der Waals surface area contributed by atoms with Gasteiger partial charge in [-0.25, -0.2) is 0 Å². The van der Waals surface area contributed by atoms with Crippen LogP contribution in [0.1, 0.15) is 143 Å². The van der Waals surface area contributed by atoms with Crippen LogP contribution in [0, 0.1) is 29.1 Å². The zero-order valence-electron chi connectivity index (χ0n) is 34.8. The first-order valence-corrected chi connectivity index (χ1v) is 26.6. The molecule has 8 aliphatic carbocycles. The minimum absolute atomic E-state index is 0. The number of alkyl halides is 3. The van der Waals surface area contributed by atoms with E-state index in [9.17, 15) is 13.2 Å². The van der Waals surface area contributed by atoms with Crippen molar-refractivity contribution in [1.82, 2.24) is 0 Å². The molecule has 2 atom stereocenters. The number of halogens is 5. The summed E-state index contributed by atoms with van der Waals surface area (Å²) in [7, 11) is 0. The van der Waals surface area contributed by atoms with Gasteiger partial charge in [-0.05, 0) is 0 Å². The molecule has 2 unspecified atom stereocenters. The predicted molar refractivity (Wildman–Crippen MR) is 220 cm³/mol. The van der Waals surface area contributed by atoms with Crippen LogP contribution in [-0.4, -0.2) is 4.21 Å². The second-order valence-electron chi connectivity index (χ2n) is 20.7. The van der Waals surface area contributed by atoms with Gasteiger partial charge in [0.25, 0.3) is 0 Å². The standard InChI is InChI=1S/C25H25.C18H25.C7H4F3.CH2.2ClH.Zr/c1-14-12-24(3,4)22-8-16-7-17-9-23-19(15(2)13-25(23,5)6)11-21(17)20(16)10-18(14)22;1-12-3-13(2)17(4-12)11-18-8-14-5-15(9-18)7-16(6-14)10-18;8-7(9,10)6-4-2-1-3-5-6;;;;/h7-13H,1-6H3;4,12,14-16H,5-11H2,1-2H3;2-5H;1H2;2*1H;/q;;;;;;+2/p-2. The van der Waals surface area contributed by atoms with Gasteiger partial charge >= 0.3 is 333 Å². The Morgan fingerprint density at radius 2 is 1.16 bits per heavy atom. The molecule has 3 aromatic rings. The van der Waals surface area contributed by atoms with Crippen LogP contribution in [0.3, 0.4) is 0 Å². The summed E-state index contributed by atoms with van der Waals surface area (Å²) in [6.07, 6.45) is 12.6. The fourth-order valence-electron chi connectivity index (χ4n) is 14.3. The molecule has 0 aromatic heterocycles. The Balaban J connectivity index is 0.00000228. The normalized spacial score (nSPS) is 28.9. The van der Waals surface area contributed by atoms with Crippen molar-refractivity contribution in [3.8, 4) is 11.1 Å². The van der Waals surface area contributed by atoms with E-state index in [0.717, 1.165) is 27.4 Å². The molecule has 4 bridgehead atoms. The minimum atomic E-state index is -4.39. The van der Waals surface area contributed by atoms with Gasteiger partial charge in [-0.15, -0.1) is 0 Å². The molecular formula is C51H56Cl2F3Zr. The third-order valence-electron chi connectivity index (χ3n) is 15.9. The molecule has 57 heavy (non-hydrogen) atoms. The van der Waals surface area contributed by atoms with Gasteiger partial charge in [0.2, 0.25) is 0 Å². The number of allylic oxidation sites excluding steroid dienone is 8. The number of benzene rings is 3.